The van der Waals surface area contributed by atoms with Crippen molar-refractivity contribution in [3.63, 3.8) is 0 Å². The Bertz CT molecular complexity index is 525. The maximum absolute atomic E-state index is 13.1. The first-order valence-electron chi connectivity index (χ1n) is 5.84. The predicted octanol–water partition coefficient (Wildman–Crippen LogP) is 2.94. The van der Waals surface area contributed by atoms with Gasteiger partial charge >= 0.3 is 0 Å². The van der Waals surface area contributed by atoms with Crippen molar-refractivity contribution >= 4 is 15.9 Å². The van der Waals surface area contributed by atoms with E-state index in [1.54, 1.807) is 18.5 Å². The molecule has 1 heterocycles. The van der Waals surface area contributed by atoms with Crippen LogP contribution in [0.3, 0.4) is 0 Å². The van der Waals surface area contributed by atoms with Gasteiger partial charge in [-0.15, -0.1) is 0 Å². The molecule has 0 bridgehead atoms. The zero-order valence-corrected chi connectivity index (χ0v) is 11.7. The van der Waals surface area contributed by atoms with Gasteiger partial charge in [0.25, 0.3) is 0 Å². The molecular formula is C13H15BrFN3. The van der Waals surface area contributed by atoms with Crippen LogP contribution in [0.2, 0.25) is 0 Å². The maximum Gasteiger partial charge on any atom is 0.137 e. The number of hydrogen-bond acceptors (Lipinski definition) is 2. The number of nitrogens with one attached hydrogen (secondary N) is 1. The molecule has 0 aliphatic heterocycles. The summed E-state index contributed by atoms with van der Waals surface area (Å²) in [4.78, 5) is 4.30. The van der Waals surface area contributed by atoms with E-state index < -0.39 is 0 Å². The smallest absolute Gasteiger partial charge is 0.137 e. The van der Waals surface area contributed by atoms with Crippen molar-refractivity contribution in [1.29, 1.82) is 0 Å². The van der Waals surface area contributed by atoms with Gasteiger partial charge in [-0.3, -0.25) is 0 Å². The number of aromatic nitrogens is 2. The second kappa shape index (κ2) is 6.11. The number of rotatable bonds is 5. The standard InChI is InChI=1S/C13H15BrFN3/c1-2-16-6-11-8-18(9-17-11)7-10-3-4-13(15)12(14)5-10/h3-5,8-9,16H,2,6-7H2,1H3. The molecule has 2 rings (SSSR count). The molecule has 0 spiro atoms. The molecule has 0 saturated carbocycles. The van der Waals surface area contributed by atoms with Gasteiger partial charge in [0.15, 0.2) is 0 Å². The van der Waals surface area contributed by atoms with Crippen LogP contribution >= 0.6 is 15.9 Å². The number of benzene rings is 1. The van der Waals surface area contributed by atoms with Crippen molar-refractivity contribution < 1.29 is 4.39 Å². The lowest BCUT2D eigenvalue weighted by Crippen LogP contribution is -2.11. The maximum atomic E-state index is 13.1. The third-order valence-corrected chi connectivity index (χ3v) is 3.20. The van der Waals surface area contributed by atoms with Gasteiger partial charge in [-0.1, -0.05) is 13.0 Å². The van der Waals surface area contributed by atoms with Gasteiger partial charge in [-0.05, 0) is 40.2 Å². The lowest BCUT2D eigenvalue weighted by atomic mass is 10.2. The van der Waals surface area contributed by atoms with Crippen molar-refractivity contribution in [2.45, 2.75) is 20.0 Å². The topological polar surface area (TPSA) is 29.9 Å². The Morgan fingerprint density at radius 3 is 3.00 bits per heavy atom. The lowest BCUT2D eigenvalue weighted by molar-refractivity contribution is 0.619. The first kappa shape index (κ1) is 13.2. The highest BCUT2D eigenvalue weighted by Crippen LogP contribution is 2.17. The molecule has 18 heavy (non-hydrogen) atoms. The van der Waals surface area contributed by atoms with Gasteiger partial charge in [0.2, 0.25) is 0 Å². The molecule has 1 N–H and O–H groups in total. The monoisotopic (exact) mass is 311 g/mol. The Hall–Kier alpha value is -1.20. The Balaban J connectivity index is 2.04. The van der Waals surface area contributed by atoms with Crippen molar-refractivity contribution in [2.75, 3.05) is 6.54 Å². The average molecular weight is 312 g/mol. The number of nitrogens with zero attached hydrogens (tertiary/aromatic N) is 2. The van der Waals surface area contributed by atoms with Gasteiger partial charge in [0, 0.05) is 19.3 Å². The van der Waals surface area contributed by atoms with Crippen molar-refractivity contribution in [3.8, 4) is 0 Å². The summed E-state index contributed by atoms with van der Waals surface area (Å²) in [7, 11) is 0. The van der Waals surface area contributed by atoms with Gasteiger partial charge in [0.1, 0.15) is 5.82 Å². The van der Waals surface area contributed by atoms with Crippen molar-refractivity contribution in [3.05, 3.63) is 52.3 Å². The van der Waals surface area contributed by atoms with Crippen LogP contribution in [0.25, 0.3) is 0 Å². The van der Waals surface area contributed by atoms with Crippen LogP contribution in [0.5, 0.6) is 0 Å². The quantitative estimate of drug-likeness (QED) is 0.920. The van der Waals surface area contributed by atoms with E-state index in [1.807, 2.05) is 10.8 Å². The third-order valence-electron chi connectivity index (χ3n) is 2.59. The molecule has 2 aromatic rings. The van der Waals surface area contributed by atoms with Gasteiger partial charge in [0.05, 0.1) is 16.5 Å². The fourth-order valence-electron chi connectivity index (χ4n) is 1.69. The first-order valence-corrected chi connectivity index (χ1v) is 6.63. The minimum atomic E-state index is -0.239. The molecular weight excluding hydrogens is 297 g/mol. The second-order valence-corrected chi connectivity index (χ2v) is 4.92. The molecule has 0 amide bonds. The zero-order valence-electron chi connectivity index (χ0n) is 10.2. The molecule has 1 aromatic heterocycles. The highest BCUT2D eigenvalue weighted by atomic mass is 79.9. The summed E-state index contributed by atoms with van der Waals surface area (Å²) < 4.78 is 15.6. The van der Waals surface area contributed by atoms with Crippen LogP contribution in [-0.2, 0) is 13.1 Å². The molecule has 0 aliphatic carbocycles. The van der Waals surface area contributed by atoms with Crippen molar-refractivity contribution in [1.82, 2.24) is 14.9 Å². The lowest BCUT2D eigenvalue weighted by Gasteiger charge is -2.03. The molecule has 0 unspecified atom stereocenters. The Labute approximate surface area is 114 Å². The van der Waals surface area contributed by atoms with Crippen LogP contribution in [0.15, 0.2) is 35.2 Å². The molecule has 0 fully saturated rings. The normalized spacial score (nSPS) is 10.8. The highest BCUT2D eigenvalue weighted by molar-refractivity contribution is 9.10. The van der Waals surface area contributed by atoms with Crippen LogP contribution < -0.4 is 5.32 Å². The highest BCUT2D eigenvalue weighted by Gasteiger charge is 2.02. The zero-order chi connectivity index (χ0) is 13.0. The Kier molecular flexibility index (Phi) is 4.49. The first-order chi connectivity index (χ1) is 8.69. The average Bonchev–Trinajstić information content (AvgIpc) is 2.79. The fraction of sp³-hybridized carbons (Fsp3) is 0.308. The van der Waals surface area contributed by atoms with E-state index in [0.29, 0.717) is 11.0 Å². The summed E-state index contributed by atoms with van der Waals surface area (Å²) in [6.07, 6.45) is 3.80. The summed E-state index contributed by atoms with van der Waals surface area (Å²) in [6, 6.07) is 5.04. The SMILES string of the molecule is CCNCc1cn(Cc2ccc(F)c(Br)c2)cn1. The van der Waals surface area contributed by atoms with Crippen LogP contribution in [0, 0.1) is 5.82 Å². The van der Waals surface area contributed by atoms with E-state index in [1.165, 1.54) is 6.07 Å². The van der Waals surface area contributed by atoms with E-state index in [9.17, 15) is 4.39 Å². The Morgan fingerprint density at radius 1 is 1.44 bits per heavy atom. The number of hydrogen-bond donors (Lipinski definition) is 1. The number of halogens is 2. The van der Waals surface area contributed by atoms with Gasteiger partial charge in [-0.2, -0.15) is 0 Å². The molecule has 1 aromatic carbocycles. The van der Waals surface area contributed by atoms with E-state index in [0.717, 1.165) is 24.3 Å². The fourth-order valence-corrected chi connectivity index (χ4v) is 2.11. The number of imidazole rings is 1. The molecule has 0 radical (unpaired) electrons. The molecule has 96 valence electrons. The van der Waals surface area contributed by atoms with Crippen LogP contribution in [0.4, 0.5) is 4.39 Å². The molecule has 0 atom stereocenters. The predicted molar refractivity (Wildman–Crippen MR) is 72.8 cm³/mol. The minimum Gasteiger partial charge on any atom is -0.333 e. The van der Waals surface area contributed by atoms with Crippen molar-refractivity contribution in [2.24, 2.45) is 0 Å². The van der Waals surface area contributed by atoms with Crippen LogP contribution in [0.1, 0.15) is 18.2 Å². The molecule has 0 aliphatic rings. The summed E-state index contributed by atoms with van der Waals surface area (Å²) in [5, 5.41) is 3.23. The Morgan fingerprint density at radius 2 is 2.28 bits per heavy atom. The van der Waals surface area contributed by atoms with E-state index in [4.69, 9.17) is 0 Å². The third kappa shape index (κ3) is 3.40. The molecule has 0 saturated heterocycles. The van der Waals surface area contributed by atoms with E-state index in [-0.39, 0.29) is 5.82 Å². The second-order valence-electron chi connectivity index (χ2n) is 4.07. The largest absolute Gasteiger partial charge is 0.333 e. The molecule has 5 heteroatoms. The van der Waals surface area contributed by atoms with Crippen LogP contribution in [-0.4, -0.2) is 16.1 Å². The summed E-state index contributed by atoms with van der Waals surface area (Å²) in [5.41, 5.74) is 2.05. The molecule has 3 nitrogen and oxygen atoms in total. The minimum absolute atomic E-state index is 0.239. The van der Waals surface area contributed by atoms with Gasteiger partial charge < -0.3 is 9.88 Å². The van der Waals surface area contributed by atoms with E-state index >= 15 is 0 Å². The van der Waals surface area contributed by atoms with Gasteiger partial charge in [-0.25, -0.2) is 9.37 Å². The van der Waals surface area contributed by atoms with E-state index in [2.05, 4.69) is 33.2 Å². The summed E-state index contributed by atoms with van der Waals surface area (Å²) in [6.45, 7) is 4.46. The summed E-state index contributed by atoms with van der Waals surface area (Å²) in [5.74, 6) is -0.239. The summed E-state index contributed by atoms with van der Waals surface area (Å²) >= 11 is 3.19.